The van der Waals surface area contributed by atoms with Crippen LogP contribution < -0.4 is 10.1 Å². The number of ether oxygens (including phenoxy) is 1. The zero-order valence-corrected chi connectivity index (χ0v) is 13.8. The summed E-state index contributed by atoms with van der Waals surface area (Å²) < 4.78 is 8.21. The van der Waals surface area contributed by atoms with Crippen LogP contribution >= 0.6 is 31.9 Å². The fourth-order valence-corrected chi connectivity index (χ4v) is 3.85. The molecule has 0 bridgehead atoms. The van der Waals surface area contributed by atoms with Crippen molar-refractivity contribution in [3.8, 4) is 5.75 Å². The van der Waals surface area contributed by atoms with Gasteiger partial charge in [0.15, 0.2) is 0 Å². The zero-order valence-electron chi connectivity index (χ0n) is 10.6. The van der Waals surface area contributed by atoms with Crippen LogP contribution in [0.15, 0.2) is 21.1 Å². The fraction of sp³-hybridized carbons (Fsp3) is 0.571. The Balaban J connectivity index is 2.11. The average molecular weight is 377 g/mol. The number of rotatable bonds is 4. The first-order valence-corrected chi connectivity index (χ1v) is 8.08. The van der Waals surface area contributed by atoms with Gasteiger partial charge in [0, 0.05) is 6.54 Å². The molecule has 0 aromatic heterocycles. The van der Waals surface area contributed by atoms with E-state index in [0.717, 1.165) is 21.2 Å². The molecule has 0 atom stereocenters. The van der Waals surface area contributed by atoms with E-state index in [1.165, 1.54) is 37.7 Å². The highest BCUT2D eigenvalue weighted by molar-refractivity contribution is 9.11. The lowest BCUT2D eigenvalue weighted by Crippen LogP contribution is -2.20. The van der Waals surface area contributed by atoms with E-state index in [-0.39, 0.29) is 0 Å². The summed E-state index contributed by atoms with van der Waals surface area (Å²) >= 11 is 7.22. The Labute approximate surface area is 126 Å². The molecule has 1 aliphatic rings. The van der Waals surface area contributed by atoms with Crippen molar-refractivity contribution in [2.75, 3.05) is 7.05 Å². The molecule has 0 amide bonds. The predicted octanol–water partition coefficient (Wildman–Crippen LogP) is 4.64. The molecule has 1 aromatic rings. The summed E-state index contributed by atoms with van der Waals surface area (Å²) in [5, 5.41) is 3.16. The Morgan fingerprint density at radius 2 is 1.78 bits per heavy atom. The van der Waals surface area contributed by atoms with Crippen LogP contribution in [0.4, 0.5) is 0 Å². The molecule has 2 rings (SSSR count). The van der Waals surface area contributed by atoms with Gasteiger partial charge in [0.2, 0.25) is 0 Å². The molecule has 100 valence electrons. The van der Waals surface area contributed by atoms with Gasteiger partial charge in [-0.05, 0) is 82.3 Å². The first-order chi connectivity index (χ1) is 8.70. The molecule has 1 aliphatic carbocycles. The van der Waals surface area contributed by atoms with Gasteiger partial charge in [-0.15, -0.1) is 0 Å². The van der Waals surface area contributed by atoms with Crippen LogP contribution in [0, 0.1) is 0 Å². The van der Waals surface area contributed by atoms with Gasteiger partial charge in [0.05, 0.1) is 15.0 Å². The largest absolute Gasteiger partial charge is 0.488 e. The second kappa shape index (κ2) is 6.92. The van der Waals surface area contributed by atoms with Gasteiger partial charge in [-0.25, -0.2) is 0 Å². The molecule has 1 fully saturated rings. The third-order valence-electron chi connectivity index (χ3n) is 3.28. The third-order valence-corrected chi connectivity index (χ3v) is 4.45. The smallest absolute Gasteiger partial charge is 0.148 e. The molecular weight excluding hydrogens is 358 g/mol. The molecule has 18 heavy (non-hydrogen) atoms. The number of nitrogens with one attached hydrogen (secondary N) is 1. The first kappa shape index (κ1) is 14.4. The molecule has 0 unspecified atom stereocenters. The van der Waals surface area contributed by atoms with Gasteiger partial charge in [0.25, 0.3) is 0 Å². The van der Waals surface area contributed by atoms with Gasteiger partial charge in [0.1, 0.15) is 5.75 Å². The van der Waals surface area contributed by atoms with E-state index in [9.17, 15) is 0 Å². The van der Waals surface area contributed by atoms with Crippen molar-refractivity contribution in [3.05, 3.63) is 26.6 Å². The molecule has 0 spiro atoms. The topological polar surface area (TPSA) is 21.3 Å². The van der Waals surface area contributed by atoms with Crippen molar-refractivity contribution < 1.29 is 4.74 Å². The Kier molecular flexibility index (Phi) is 5.52. The van der Waals surface area contributed by atoms with Crippen molar-refractivity contribution in [1.29, 1.82) is 0 Å². The van der Waals surface area contributed by atoms with Crippen LogP contribution in [0.2, 0.25) is 0 Å². The molecular formula is C14H19Br2NO. The minimum Gasteiger partial charge on any atom is -0.488 e. The Hall–Kier alpha value is -0.0600. The Morgan fingerprint density at radius 1 is 1.17 bits per heavy atom. The van der Waals surface area contributed by atoms with Crippen molar-refractivity contribution in [1.82, 2.24) is 5.32 Å². The number of hydrogen-bond donors (Lipinski definition) is 1. The summed E-state index contributed by atoms with van der Waals surface area (Å²) in [6, 6.07) is 4.25. The molecule has 1 N–H and O–H groups in total. The molecule has 0 radical (unpaired) electrons. The van der Waals surface area contributed by atoms with Gasteiger partial charge in [-0.2, -0.15) is 0 Å². The van der Waals surface area contributed by atoms with Crippen LogP contribution in [0.3, 0.4) is 0 Å². The minimum absolute atomic E-state index is 0.376. The van der Waals surface area contributed by atoms with E-state index in [1.807, 2.05) is 7.05 Å². The SMILES string of the molecule is CNCc1cc(Br)c(OC2CCCCC2)c(Br)c1. The molecule has 0 heterocycles. The maximum atomic E-state index is 6.14. The summed E-state index contributed by atoms with van der Waals surface area (Å²) in [4.78, 5) is 0. The lowest BCUT2D eigenvalue weighted by atomic mass is 9.98. The molecule has 1 aromatic carbocycles. The fourth-order valence-electron chi connectivity index (χ4n) is 2.38. The predicted molar refractivity (Wildman–Crippen MR) is 82.1 cm³/mol. The van der Waals surface area contributed by atoms with Crippen molar-refractivity contribution >= 4 is 31.9 Å². The summed E-state index contributed by atoms with van der Waals surface area (Å²) in [5.41, 5.74) is 1.24. The number of hydrogen-bond acceptors (Lipinski definition) is 2. The summed E-state index contributed by atoms with van der Waals surface area (Å²) in [6.45, 7) is 0.862. The second-order valence-electron chi connectivity index (χ2n) is 4.80. The van der Waals surface area contributed by atoms with E-state index < -0.39 is 0 Å². The lowest BCUT2D eigenvalue weighted by molar-refractivity contribution is 0.153. The second-order valence-corrected chi connectivity index (χ2v) is 6.51. The summed E-state index contributed by atoms with van der Waals surface area (Å²) in [5.74, 6) is 0.946. The van der Waals surface area contributed by atoms with Crippen LogP contribution in [-0.2, 0) is 6.54 Å². The maximum Gasteiger partial charge on any atom is 0.148 e. The normalized spacial score (nSPS) is 16.8. The highest BCUT2D eigenvalue weighted by atomic mass is 79.9. The van der Waals surface area contributed by atoms with Crippen molar-refractivity contribution in [3.63, 3.8) is 0 Å². The Bertz CT molecular complexity index is 380. The molecule has 0 saturated heterocycles. The Morgan fingerprint density at radius 3 is 2.33 bits per heavy atom. The highest BCUT2D eigenvalue weighted by Gasteiger charge is 2.18. The number of benzene rings is 1. The van der Waals surface area contributed by atoms with Crippen LogP contribution in [-0.4, -0.2) is 13.2 Å². The summed E-state index contributed by atoms with van der Waals surface area (Å²) in [6.07, 6.45) is 6.66. The van der Waals surface area contributed by atoms with E-state index in [1.54, 1.807) is 0 Å². The lowest BCUT2D eigenvalue weighted by Gasteiger charge is -2.24. The van der Waals surface area contributed by atoms with Gasteiger partial charge in [-0.3, -0.25) is 0 Å². The van der Waals surface area contributed by atoms with Gasteiger partial charge >= 0.3 is 0 Å². The maximum absolute atomic E-state index is 6.14. The van der Waals surface area contributed by atoms with Crippen LogP contribution in [0.5, 0.6) is 5.75 Å². The highest BCUT2D eigenvalue weighted by Crippen LogP contribution is 2.37. The molecule has 2 nitrogen and oxygen atoms in total. The third kappa shape index (κ3) is 3.72. The van der Waals surface area contributed by atoms with Gasteiger partial charge < -0.3 is 10.1 Å². The quantitative estimate of drug-likeness (QED) is 0.826. The standard InChI is InChI=1S/C14H19Br2NO/c1-17-9-10-7-12(15)14(13(16)8-10)18-11-5-3-2-4-6-11/h7-8,11,17H,2-6,9H2,1H3. The van der Waals surface area contributed by atoms with Crippen LogP contribution in [0.25, 0.3) is 0 Å². The van der Waals surface area contributed by atoms with Gasteiger partial charge in [-0.1, -0.05) is 6.42 Å². The summed E-state index contributed by atoms with van der Waals surface area (Å²) in [7, 11) is 1.95. The monoisotopic (exact) mass is 375 g/mol. The first-order valence-electron chi connectivity index (χ1n) is 6.50. The van der Waals surface area contributed by atoms with E-state index in [4.69, 9.17) is 4.74 Å². The van der Waals surface area contributed by atoms with E-state index >= 15 is 0 Å². The average Bonchev–Trinajstić information content (AvgIpc) is 2.36. The minimum atomic E-state index is 0.376. The molecule has 1 saturated carbocycles. The number of halogens is 2. The van der Waals surface area contributed by atoms with Crippen molar-refractivity contribution in [2.24, 2.45) is 0 Å². The van der Waals surface area contributed by atoms with E-state index in [2.05, 4.69) is 49.3 Å². The molecule has 0 aliphatic heterocycles. The molecule has 4 heteroatoms. The van der Waals surface area contributed by atoms with Crippen LogP contribution in [0.1, 0.15) is 37.7 Å². The zero-order chi connectivity index (χ0) is 13.0. The van der Waals surface area contributed by atoms with E-state index in [0.29, 0.717) is 6.10 Å². The van der Waals surface area contributed by atoms with Crippen molar-refractivity contribution in [2.45, 2.75) is 44.8 Å².